The van der Waals surface area contributed by atoms with Gasteiger partial charge in [0, 0.05) is 29.1 Å². The molecule has 0 saturated carbocycles. The first-order valence-corrected chi connectivity index (χ1v) is 8.09. The number of carbonyl (C=O) groups is 2. The van der Waals surface area contributed by atoms with Gasteiger partial charge < -0.3 is 10.0 Å². The van der Waals surface area contributed by atoms with Crippen LogP contribution in [-0.4, -0.2) is 50.2 Å². The van der Waals surface area contributed by atoms with E-state index in [1.807, 2.05) is 20.8 Å². The maximum Gasteiger partial charge on any atom is 0.306 e. The molecule has 1 fully saturated rings. The van der Waals surface area contributed by atoms with Gasteiger partial charge in [-0.3, -0.25) is 13.8 Å². The van der Waals surface area contributed by atoms with Crippen LogP contribution in [0.3, 0.4) is 0 Å². The fraction of sp³-hybridized carbons (Fsp3) is 0.846. The largest absolute Gasteiger partial charge is 0.481 e. The highest BCUT2D eigenvalue weighted by molar-refractivity contribution is 7.86. The first-order valence-electron chi connectivity index (χ1n) is 6.70. The third-order valence-electron chi connectivity index (χ3n) is 3.82. The van der Waals surface area contributed by atoms with E-state index >= 15 is 0 Å². The second-order valence-corrected chi connectivity index (χ2v) is 7.26. The van der Waals surface area contributed by atoms with Gasteiger partial charge in [-0.2, -0.15) is 0 Å². The van der Waals surface area contributed by atoms with E-state index in [4.69, 9.17) is 5.11 Å². The number of likely N-dealkylation sites (tertiary alicyclic amines) is 1. The van der Waals surface area contributed by atoms with Crippen LogP contribution in [0.15, 0.2) is 0 Å². The highest BCUT2D eigenvalue weighted by Crippen LogP contribution is 2.18. The molecule has 1 amide bonds. The molecule has 19 heavy (non-hydrogen) atoms. The van der Waals surface area contributed by atoms with Crippen LogP contribution in [0.1, 0.15) is 33.6 Å². The summed E-state index contributed by atoms with van der Waals surface area (Å²) in [5.41, 5.74) is 0. The van der Waals surface area contributed by atoms with E-state index in [2.05, 4.69) is 0 Å². The molecule has 1 rings (SSSR count). The van der Waals surface area contributed by atoms with Crippen LogP contribution in [0.5, 0.6) is 0 Å². The average molecular weight is 289 g/mol. The molecule has 0 aromatic heterocycles. The van der Waals surface area contributed by atoms with Gasteiger partial charge in [0.25, 0.3) is 0 Å². The summed E-state index contributed by atoms with van der Waals surface area (Å²) >= 11 is 0. The number of rotatable bonds is 5. The molecule has 1 heterocycles. The van der Waals surface area contributed by atoms with Gasteiger partial charge in [0.05, 0.1) is 5.92 Å². The lowest BCUT2D eigenvalue weighted by Gasteiger charge is -2.30. The van der Waals surface area contributed by atoms with Crippen LogP contribution in [-0.2, 0) is 20.4 Å². The molecule has 0 aromatic rings. The molecule has 0 spiro atoms. The fourth-order valence-electron chi connectivity index (χ4n) is 2.02. The van der Waals surface area contributed by atoms with E-state index in [0.29, 0.717) is 25.9 Å². The van der Waals surface area contributed by atoms with Crippen molar-refractivity contribution in [2.24, 2.45) is 11.8 Å². The molecule has 6 heteroatoms. The Labute approximate surface area is 116 Å². The molecule has 110 valence electrons. The van der Waals surface area contributed by atoms with Crippen molar-refractivity contribution < 1.29 is 18.9 Å². The summed E-state index contributed by atoms with van der Waals surface area (Å²) in [6.45, 7) is 6.80. The summed E-state index contributed by atoms with van der Waals surface area (Å²) in [5.74, 6) is -0.911. The van der Waals surface area contributed by atoms with Gasteiger partial charge in [0.1, 0.15) is 5.75 Å². The number of nitrogens with zero attached hydrogens (tertiary/aromatic N) is 1. The Hall–Kier alpha value is -0.910. The molecule has 0 aliphatic carbocycles. The SMILES string of the molecule is CC(C)C(C)S(=O)CC(=O)N1CCC(C(=O)O)CC1. The highest BCUT2D eigenvalue weighted by Gasteiger charge is 2.28. The van der Waals surface area contributed by atoms with Crippen molar-refractivity contribution in [2.45, 2.75) is 38.9 Å². The number of carbonyl (C=O) groups excluding carboxylic acids is 1. The predicted octanol–water partition coefficient (Wildman–Crippen LogP) is 1.10. The van der Waals surface area contributed by atoms with E-state index in [1.165, 1.54) is 0 Å². The zero-order valence-electron chi connectivity index (χ0n) is 11.8. The molecule has 0 bridgehead atoms. The van der Waals surface area contributed by atoms with Gasteiger partial charge in [-0.05, 0) is 18.8 Å². The van der Waals surface area contributed by atoms with Crippen molar-refractivity contribution in [3.8, 4) is 0 Å². The van der Waals surface area contributed by atoms with E-state index in [-0.39, 0.29) is 28.7 Å². The normalized spacial score (nSPS) is 20.3. The molecule has 2 unspecified atom stereocenters. The van der Waals surface area contributed by atoms with Gasteiger partial charge in [-0.15, -0.1) is 0 Å². The third-order valence-corrected chi connectivity index (χ3v) is 5.72. The summed E-state index contributed by atoms with van der Waals surface area (Å²) in [5, 5.41) is 8.89. The number of hydrogen-bond acceptors (Lipinski definition) is 3. The first-order chi connectivity index (χ1) is 8.82. The first kappa shape index (κ1) is 16.1. The van der Waals surface area contributed by atoms with Crippen molar-refractivity contribution >= 4 is 22.7 Å². The van der Waals surface area contributed by atoms with Crippen molar-refractivity contribution in [1.82, 2.24) is 4.90 Å². The minimum atomic E-state index is -1.15. The maximum atomic E-state index is 12.0. The molecular weight excluding hydrogens is 266 g/mol. The number of piperidine rings is 1. The third kappa shape index (κ3) is 4.60. The molecule has 1 aliphatic rings. The molecule has 1 aliphatic heterocycles. The van der Waals surface area contributed by atoms with E-state index in [0.717, 1.165) is 0 Å². The van der Waals surface area contributed by atoms with Crippen LogP contribution >= 0.6 is 0 Å². The van der Waals surface area contributed by atoms with E-state index < -0.39 is 16.8 Å². The molecule has 1 N–H and O–H groups in total. The summed E-state index contributed by atoms with van der Waals surface area (Å²) in [4.78, 5) is 24.5. The molecule has 0 radical (unpaired) electrons. The Morgan fingerprint density at radius 1 is 1.26 bits per heavy atom. The summed E-state index contributed by atoms with van der Waals surface area (Å²) < 4.78 is 12.0. The second kappa shape index (κ2) is 7.03. The summed E-state index contributed by atoms with van der Waals surface area (Å²) in [6.07, 6.45) is 0.987. The van der Waals surface area contributed by atoms with Crippen molar-refractivity contribution in [3.05, 3.63) is 0 Å². The lowest BCUT2D eigenvalue weighted by atomic mass is 9.97. The van der Waals surface area contributed by atoms with Gasteiger partial charge in [-0.25, -0.2) is 0 Å². The Balaban J connectivity index is 2.44. The number of carboxylic acid groups (broad SMARTS) is 1. The topological polar surface area (TPSA) is 74.7 Å². The Kier molecular flexibility index (Phi) is 5.97. The molecule has 2 atom stereocenters. The number of carboxylic acids is 1. The van der Waals surface area contributed by atoms with E-state index in [9.17, 15) is 13.8 Å². The van der Waals surface area contributed by atoms with Gasteiger partial charge in [0.2, 0.25) is 5.91 Å². The standard InChI is InChI=1S/C13H23NO4S/c1-9(2)10(3)19(18)8-12(15)14-6-4-11(5-7-14)13(16)17/h9-11H,4-8H2,1-3H3,(H,16,17). The monoisotopic (exact) mass is 289 g/mol. The predicted molar refractivity (Wildman–Crippen MR) is 74.2 cm³/mol. The summed E-state index contributed by atoms with van der Waals surface area (Å²) in [7, 11) is -1.15. The Morgan fingerprint density at radius 2 is 1.79 bits per heavy atom. The minimum absolute atomic E-state index is 0.000471. The number of amides is 1. The zero-order valence-corrected chi connectivity index (χ0v) is 12.6. The van der Waals surface area contributed by atoms with Crippen LogP contribution in [0.25, 0.3) is 0 Å². The van der Waals surface area contributed by atoms with Crippen LogP contribution in [0.4, 0.5) is 0 Å². The van der Waals surface area contributed by atoms with Gasteiger partial charge in [0.15, 0.2) is 0 Å². The summed E-state index contributed by atoms with van der Waals surface area (Å²) in [6, 6.07) is 0. The van der Waals surface area contributed by atoms with Crippen LogP contribution < -0.4 is 0 Å². The van der Waals surface area contributed by atoms with Gasteiger partial charge >= 0.3 is 5.97 Å². The smallest absolute Gasteiger partial charge is 0.306 e. The quantitative estimate of drug-likeness (QED) is 0.822. The molecular formula is C13H23NO4S. The lowest BCUT2D eigenvalue weighted by molar-refractivity contribution is -0.145. The maximum absolute atomic E-state index is 12.0. The molecule has 1 saturated heterocycles. The van der Waals surface area contributed by atoms with Gasteiger partial charge in [-0.1, -0.05) is 20.8 Å². The molecule has 5 nitrogen and oxygen atoms in total. The number of aliphatic carboxylic acids is 1. The van der Waals surface area contributed by atoms with Crippen molar-refractivity contribution in [1.29, 1.82) is 0 Å². The Morgan fingerprint density at radius 3 is 2.21 bits per heavy atom. The number of hydrogen-bond donors (Lipinski definition) is 1. The fourth-order valence-corrected chi connectivity index (χ4v) is 3.32. The van der Waals surface area contributed by atoms with E-state index in [1.54, 1.807) is 4.90 Å². The van der Waals surface area contributed by atoms with Crippen LogP contribution in [0.2, 0.25) is 0 Å². The second-order valence-electron chi connectivity index (χ2n) is 5.47. The minimum Gasteiger partial charge on any atom is -0.481 e. The van der Waals surface area contributed by atoms with Crippen molar-refractivity contribution in [2.75, 3.05) is 18.8 Å². The lowest BCUT2D eigenvalue weighted by Crippen LogP contribution is -2.43. The zero-order chi connectivity index (χ0) is 14.6. The van der Waals surface area contributed by atoms with Crippen molar-refractivity contribution in [3.63, 3.8) is 0 Å². The Bertz CT molecular complexity index is 362. The highest BCUT2D eigenvalue weighted by atomic mass is 32.2. The average Bonchev–Trinajstić information content (AvgIpc) is 2.37. The molecule has 0 aromatic carbocycles. The van der Waals surface area contributed by atoms with Crippen LogP contribution in [0, 0.1) is 11.8 Å².